The monoisotopic (exact) mass is 497 g/mol. The summed E-state index contributed by atoms with van der Waals surface area (Å²) in [5.74, 6) is 1.05. The van der Waals surface area contributed by atoms with Crippen molar-refractivity contribution in [3.05, 3.63) is 66.0 Å². The van der Waals surface area contributed by atoms with E-state index >= 15 is 0 Å². The standard InChI is InChI=1S/C28H31N7O2/c1-17-25(34(4)33-32-17)19-14-23-24(31-16-19)21-7-6-20(28(2,3)36)15-22(21)35(23)26(18-8-12-37-13-9-18)27-29-10-5-11-30-27/h5-7,10-11,14-16,18,26,36H,8-9,12-13H2,1-4H3. The minimum atomic E-state index is -0.983. The molecule has 0 bridgehead atoms. The lowest BCUT2D eigenvalue weighted by Crippen LogP contribution is -2.28. The molecule has 0 radical (unpaired) electrons. The van der Waals surface area contributed by atoms with Crippen molar-refractivity contribution in [1.82, 2.24) is 34.5 Å². The molecule has 1 atom stereocenters. The lowest BCUT2D eigenvalue weighted by molar-refractivity contribution is 0.0542. The van der Waals surface area contributed by atoms with Crippen LogP contribution >= 0.6 is 0 Å². The Morgan fingerprint density at radius 2 is 1.81 bits per heavy atom. The molecule has 0 saturated carbocycles. The number of aliphatic hydroxyl groups is 1. The Morgan fingerprint density at radius 3 is 2.49 bits per heavy atom. The van der Waals surface area contributed by atoms with E-state index in [1.54, 1.807) is 17.1 Å². The molecule has 5 heterocycles. The first-order chi connectivity index (χ1) is 17.8. The fraction of sp³-hybridized carbons (Fsp3) is 0.393. The lowest BCUT2D eigenvalue weighted by Gasteiger charge is -2.31. The number of rotatable bonds is 5. The molecule has 4 aromatic heterocycles. The van der Waals surface area contributed by atoms with Gasteiger partial charge in [-0.3, -0.25) is 4.98 Å². The van der Waals surface area contributed by atoms with Crippen molar-refractivity contribution in [2.75, 3.05) is 13.2 Å². The van der Waals surface area contributed by atoms with Gasteiger partial charge in [-0.2, -0.15) is 0 Å². The maximum absolute atomic E-state index is 10.9. The predicted octanol–water partition coefficient (Wildman–Crippen LogP) is 4.33. The average Bonchev–Trinajstić information content (AvgIpc) is 3.40. The highest BCUT2D eigenvalue weighted by molar-refractivity contribution is 6.07. The van der Waals surface area contributed by atoms with Crippen molar-refractivity contribution in [2.45, 2.75) is 45.3 Å². The molecule has 0 spiro atoms. The number of fused-ring (bicyclic) bond motifs is 3. The van der Waals surface area contributed by atoms with E-state index in [0.29, 0.717) is 13.2 Å². The summed E-state index contributed by atoms with van der Waals surface area (Å²) in [6, 6.07) is 10.0. The average molecular weight is 498 g/mol. The Morgan fingerprint density at radius 1 is 1.05 bits per heavy atom. The van der Waals surface area contributed by atoms with Crippen molar-refractivity contribution < 1.29 is 9.84 Å². The maximum atomic E-state index is 10.9. The smallest absolute Gasteiger partial charge is 0.151 e. The van der Waals surface area contributed by atoms with Gasteiger partial charge in [0.25, 0.3) is 0 Å². The van der Waals surface area contributed by atoms with Gasteiger partial charge in [0.05, 0.1) is 39.6 Å². The van der Waals surface area contributed by atoms with Crippen LogP contribution in [0, 0.1) is 12.8 Å². The maximum Gasteiger partial charge on any atom is 0.151 e. The van der Waals surface area contributed by atoms with Crippen LogP contribution in [0.25, 0.3) is 33.2 Å². The van der Waals surface area contributed by atoms with Crippen LogP contribution in [0.5, 0.6) is 0 Å². The number of hydrogen-bond donors (Lipinski definition) is 1. The first kappa shape index (κ1) is 23.7. The Hall–Kier alpha value is -3.69. The van der Waals surface area contributed by atoms with E-state index < -0.39 is 5.60 Å². The molecular formula is C28H31N7O2. The van der Waals surface area contributed by atoms with E-state index in [-0.39, 0.29) is 12.0 Å². The van der Waals surface area contributed by atoms with E-state index in [1.165, 1.54) is 0 Å². The molecule has 5 aromatic rings. The Labute approximate surface area is 215 Å². The highest BCUT2D eigenvalue weighted by Gasteiger charge is 2.32. The third kappa shape index (κ3) is 4.08. The molecule has 1 unspecified atom stereocenters. The van der Waals surface area contributed by atoms with Gasteiger partial charge in [-0.15, -0.1) is 5.10 Å². The highest BCUT2D eigenvalue weighted by atomic mass is 16.5. The zero-order valence-electron chi connectivity index (χ0n) is 21.6. The van der Waals surface area contributed by atoms with Gasteiger partial charge < -0.3 is 14.4 Å². The molecule has 1 aliphatic heterocycles. The zero-order valence-corrected chi connectivity index (χ0v) is 21.6. The summed E-state index contributed by atoms with van der Waals surface area (Å²) >= 11 is 0. The van der Waals surface area contributed by atoms with Crippen molar-refractivity contribution in [3.63, 3.8) is 0 Å². The fourth-order valence-corrected chi connectivity index (χ4v) is 5.60. The van der Waals surface area contributed by atoms with E-state index in [0.717, 1.165) is 63.1 Å². The summed E-state index contributed by atoms with van der Waals surface area (Å²) in [6.07, 6.45) is 7.32. The van der Waals surface area contributed by atoms with Gasteiger partial charge in [-0.1, -0.05) is 17.3 Å². The molecule has 190 valence electrons. The topological polar surface area (TPSA) is 104 Å². The summed E-state index contributed by atoms with van der Waals surface area (Å²) in [5.41, 5.74) is 5.49. The zero-order chi connectivity index (χ0) is 25.7. The van der Waals surface area contributed by atoms with Crippen LogP contribution in [0.1, 0.15) is 49.8 Å². The fourth-order valence-electron chi connectivity index (χ4n) is 5.60. The third-order valence-electron chi connectivity index (χ3n) is 7.46. The second kappa shape index (κ2) is 9.00. The second-order valence-corrected chi connectivity index (χ2v) is 10.4. The summed E-state index contributed by atoms with van der Waals surface area (Å²) in [5, 5.41) is 20.3. The summed E-state index contributed by atoms with van der Waals surface area (Å²) in [4.78, 5) is 14.4. The van der Waals surface area contributed by atoms with Crippen LogP contribution in [0.2, 0.25) is 0 Å². The van der Waals surface area contributed by atoms with Gasteiger partial charge in [0, 0.05) is 49.8 Å². The summed E-state index contributed by atoms with van der Waals surface area (Å²) in [6.45, 7) is 7.01. The predicted molar refractivity (Wildman–Crippen MR) is 141 cm³/mol. The molecule has 1 N–H and O–H groups in total. The largest absolute Gasteiger partial charge is 0.386 e. The second-order valence-electron chi connectivity index (χ2n) is 10.4. The number of pyridine rings is 1. The SMILES string of the molecule is Cc1nnn(C)c1-c1cnc2c3ccc(C(C)(C)O)cc3n(C(c3ncccn3)C3CCOCC3)c2c1. The summed E-state index contributed by atoms with van der Waals surface area (Å²) in [7, 11) is 1.90. The van der Waals surface area contributed by atoms with E-state index in [4.69, 9.17) is 19.7 Å². The van der Waals surface area contributed by atoms with Crippen LogP contribution in [-0.2, 0) is 17.4 Å². The van der Waals surface area contributed by atoms with Crippen LogP contribution in [0.3, 0.4) is 0 Å². The van der Waals surface area contributed by atoms with Crippen molar-refractivity contribution >= 4 is 21.9 Å². The van der Waals surface area contributed by atoms with Crippen LogP contribution in [0.4, 0.5) is 0 Å². The quantitative estimate of drug-likeness (QED) is 0.385. The van der Waals surface area contributed by atoms with Gasteiger partial charge >= 0.3 is 0 Å². The first-order valence-corrected chi connectivity index (χ1v) is 12.7. The van der Waals surface area contributed by atoms with Crippen molar-refractivity contribution in [3.8, 4) is 11.3 Å². The number of ether oxygens (including phenoxy) is 1. The number of hydrogen-bond acceptors (Lipinski definition) is 7. The van der Waals surface area contributed by atoms with Gasteiger partial charge in [-0.05, 0) is 63.3 Å². The first-order valence-electron chi connectivity index (χ1n) is 12.7. The molecule has 1 aliphatic rings. The van der Waals surface area contributed by atoms with Crippen LogP contribution in [-0.4, -0.2) is 52.8 Å². The molecular weight excluding hydrogens is 466 g/mol. The molecule has 0 aliphatic carbocycles. The number of aromatic nitrogens is 7. The number of nitrogens with zero attached hydrogens (tertiary/aromatic N) is 7. The number of benzene rings is 1. The Kier molecular flexibility index (Phi) is 5.77. The Balaban J connectivity index is 1.69. The summed E-state index contributed by atoms with van der Waals surface area (Å²) < 4.78 is 9.84. The van der Waals surface area contributed by atoms with Gasteiger partial charge in [0.1, 0.15) is 0 Å². The van der Waals surface area contributed by atoms with Gasteiger partial charge in [0.15, 0.2) is 5.82 Å². The molecule has 6 rings (SSSR count). The normalized spacial score (nSPS) is 16.0. The lowest BCUT2D eigenvalue weighted by atomic mass is 9.90. The van der Waals surface area contributed by atoms with Crippen molar-refractivity contribution in [2.24, 2.45) is 13.0 Å². The van der Waals surface area contributed by atoms with E-state index in [1.807, 2.05) is 46.1 Å². The Bertz CT molecular complexity index is 1560. The van der Waals surface area contributed by atoms with Crippen LogP contribution < -0.4 is 0 Å². The molecule has 1 fully saturated rings. The van der Waals surface area contributed by atoms with Crippen LogP contribution in [0.15, 0.2) is 48.9 Å². The molecule has 0 amide bonds. The molecule has 1 aromatic carbocycles. The molecule has 1 saturated heterocycles. The third-order valence-corrected chi connectivity index (χ3v) is 7.46. The molecule has 9 nitrogen and oxygen atoms in total. The van der Waals surface area contributed by atoms with E-state index in [9.17, 15) is 5.11 Å². The minimum absolute atomic E-state index is 0.120. The minimum Gasteiger partial charge on any atom is -0.386 e. The highest BCUT2D eigenvalue weighted by Crippen LogP contribution is 2.41. The molecule has 37 heavy (non-hydrogen) atoms. The van der Waals surface area contributed by atoms with Gasteiger partial charge in [-0.25, -0.2) is 14.6 Å². The molecule has 9 heteroatoms. The number of aryl methyl sites for hydroxylation is 2. The van der Waals surface area contributed by atoms with Crippen molar-refractivity contribution in [1.29, 1.82) is 0 Å². The van der Waals surface area contributed by atoms with Gasteiger partial charge in [0.2, 0.25) is 0 Å². The van der Waals surface area contributed by atoms with E-state index in [2.05, 4.69) is 33.1 Å².